The van der Waals surface area contributed by atoms with Crippen LogP contribution in [0.3, 0.4) is 0 Å². The lowest BCUT2D eigenvalue weighted by Crippen LogP contribution is -2.50. The molecule has 1 amide bonds. The molecule has 1 saturated heterocycles. The Morgan fingerprint density at radius 2 is 2.16 bits per heavy atom. The second kappa shape index (κ2) is 12.3. The van der Waals surface area contributed by atoms with E-state index in [2.05, 4.69) is 15.5 Å². The molecule has 8 heteroatoms. The summed E-state index contributed by atoms with van der Waals surface area (Å²) in [6.45, 7) is 5.17. The molecule has 1 aliphatic heterocycles. The van der Waals surface area contributed by atoms with Gasteiger partial charge in [0.15, 0.2) is 0 Å². The molecule has 1 heterocycles. The zero-order chi connectivity index (χ0) is 16.7. The van der Waals surface area contributed by atoms with Gasteiger partial charge in [0.25, 0.3) is 0 Å². The molecule has 1 aliphatic rings. The Labute approximate surface area is 161 Å². The summed E-state index contributed by atoms with van der Waals surface area (Å²) in [6.07, 6.45) is 1.99. The Kier molecular flexibility index (Phi) is 11.8. The Hall–Kier alpha value is -1.08. The molecule has 5 nitrogen and oxygen atoms in total. The van der Waals surface area contributed by atoms with Crippen LogP contribution in [0, 0.1) is 12.7 Å². The maximum absolute atomic E-state index is 13.2. The summed E-state index contributed by atoms with van der Waals surface area (Å²) in [7, 11) is 1.63. The minimum atomic E-state index is -0.213. The Balaban J connectivity index is 0.00000288. The predicted octanol–water partition coefficient (Wildman–Crippen LogP) is 2.30. The van der Waals surface area contributed by atoms with Gasteiger partial charge in [-0.3, -0.25) is 4.79 Å². The Morgan fingerprint density at radius 1 is 1.40 bits per heavy atom. The van der Waals surface area contributed by atoms with Crippen LogP contribution in [0.1, 0.15) is 18.4 Å². The van der Waals surface area contributed by atoms with Crippen LogP contribution in [0.2, 0.25) is 0 Å². The number of hydrogen-bond acceptors (Lipinski definition) is 4. The molecular weight excluding hydrogens is 368 g/mol. The number of nitrogens with one attached hydrogen (secondary N) is 2. The van der Waals surface area contributed by atoms with Crippen LogP contribution >= 0.6 is 24.8 Å². The van der Waals surface area contributed by atoms with Crippen molar-refractivity contribution < 1.29 is 13.9 Å². The quantitative estimate of drug-likeness (QED) is 0.695. The number of methoxy groups -OCH3 is 1. The van der Waals surface area contributed by atoms with E-state index in [0.717, 1.165) is 37.2 Å². The highest BCUT2D eigenvalue weighted by molar-refractivity contribution is 5.85. The van der Waals surface area contributed by atoms with Crippen molar-refractivity contribution in [3.63, 3.8) is 0 Å². The minimum Gasteiger partial charge on any atom is -0.383 e. The molecule has 0 aromatic heterocycles. The fraction of sp³-hybridized carbons (Fsp3) is 0.588. The largest absolute Gasteiger partial charge is 0.383 e. The average molecular weight is 396 g/mol. The van der Waals surface area contributed by atoms with Gasteiger partial charge in [0.1, 0.15) is 5.82 Å². The van der Waals surface area contributed by atoms with Crippen molar-refractivity contribution in [3.8, 4) is 0 Å². The van der Waals surface area contributed by atoms with Crippen molar-refractivity contribution >= 4 is 36.4 Å². The minimum absolute atomic E-state index is 0. The molecule has 0 saturated carbocycles. The SMILES string of the molecule is COCCNCC(=O)NC1CCCN(c2ccc(F)cc2C)C1.Cl.Cl. The molecule has 0 spiro atoms. The van der Waals surface area contributed by atoms with Crippen molar-refractivity contribution in [3.05, 3.63) is 29.6 Å². The summed E-state index contributed by atoms with van der Waals surface area (Å²) in [4.78, 5) is 14.2. The second-order valence-corrected chi connectivity index (χ2v) is 5.95. The van der Waals surface area contributed by atoms with Crippen molar-refractivity contribution in [2.24, 2.45) is 0 Å². The van der Waals surface area contributed by atoms with Gasteiger partial charge in [-0.25, -0.2) is 4.39 Å². The Morgan fingerprint density at radius 3 is 2.84 bits per heavy atom. The maximum Gasteiger partial charge on any atom is 0.234 e. The van der Waals surface area contributed by atoms with E-state index in [9.17, 15) is 9.18 Å². The standard InChI is InChI=1S/C17H26FN3O2.2ClH/c1-13-10-14(18)5-6-16(13)21-8-3-4-15(12-21)20-17(22)11-19-7-9-23-2;;/h5-6,10,15,19H,3-4,7-9,11-12H2,1-2H3,(H,20,22);2*1H. The third-order valence-electron chi connectivity index (χ3n) is 4.05. The van der Waals surface area contributed by atoms with Gasteiger partial charge in [-0.05, 0) is 43.5 Å². The van der Waals surface area contributed by atoms with Gasteiger partial charge in [0.05, 0.1) is 13.2 Å². The van der Waals surface area contributed by atoms with Gasteiger partial charge >= 0.3 is 0 Å². The monoisotopic (exact) mass is 395 g/mol. The van der Waals surface area contributed by atoms with Crippen molar-refractivity contribution in [1.82, 2.24) is 10.6 Å². The number of halogens is 3. The average Bonchev–Trinajstić information content (AvgIpc) is 2.52. The Bertz CT molecular complexity index is 535. The van der Waals surface area contributed by atoms with E-state index < -0.39 is 0 Å². The fourth-order valence-electron chi connectivity index (χ4n) is 2.94. The van der Waals surface area contributed by atoms with E-state index >= 15 is 0 Å². The second-order valence-electron chi connectivity index (χ2n) is 5.95. The lowest BCUT2D eigenvalue weighted by atomic mass is 10.0. The first kappa shape index (κ1) is 23.9. The normalized spacial score (nSPS) is 16.6. The number of piperidine rings is 1. The molecular formula is C17H28Cl2FN3O2. The summed E-state index contributed by atoms with van der Waals surface area (Å²) in [5.74, 6) is -0.209. The first-order valence-electron chi connectivity index (χ1n) is 8.10. The number of hydrogen-bond donors (Lipinski definition) is 2. The van der Waals surface area contributed by atoms with Gasteiger partial charge in [0, 0.05) is 38.5 Å². The van der Waals surface area contributed by atoms with Gasteiger partial charge in [0.2, 0.25) is 5.91 Å². The lowest BCUT2D eigenvalue weighted by molar-refractivity contribution is -0.121. The topological polar surface area (TPSA) is 53.6 Å². The fourth-order valence-corrected chi connectivity index (χ4v) is 2.94. The summed E-state index contributed by atoms with van der Waals surface area (Å²) >= 11 is 0. The number of rotatable bonds is 7. The van der Waals surface area contributed by atoms with E-state index in [4.69, 9.17) is 4.74 Å². The summed E-state index contributed by atoms with van der Waals surface area (Å²) < 4.78 is 18.2. The zero-order valence-corrected chi connectivity index (χ0v) is 16.4. The molecule has 25 heavy (non-hydrogen) atoms. The van der Waals surface area contributed by atoms with E-state index in [1.54, 1.807) is 13.2 Å². The van der Waals surface area contributed by atoms with E-state index in [0.29, 0.717) is 19.7 Å². The number of amides is 1. The van der Waals surface area contributed by atoms with Crippen LogP contribution < -0.4 is 15.5 Å². The van der Waals surface area contributed by atoms with Gasteiger partial charge < -0.3 is 20.3 Å². The van der Waals surface area contributed by atoms with Gasteiger partial charge in [-0.2, -0.15) is 0 Å². The summed E-state index contributed by atoms with van der Waals surface area (Å²) in [5, 5.41) is 6.11. The van der Waals surface area contributed by atoms with Crippen LogP contribution in [0.15, 0.2) is 18.2 Å². The van der Waals surface area contributed by atoms with Crippen molar-refractivity contribution in [1.29, 1.82) is 0 Å². The lowest BCUT2D eigenvalue weighted by Gasteiger charge is -2.35. The van der Waals surface area contributed by atoms with Gasteiger partial charge in [-0.1, -0.05) is 0 Å². The summed E-state index contributed by atoms with van der Waals surface area (Å²) in [6, 6.07) is 4.99. The molecule has 1 aromatic carbocycles. The molecule has 1 fully saturated rings. The maximum atomic E-state index is 13.2. The molecule has 1 aromatic rings. The predicted molar refractivity (Wildman–Crippen MR) is 104 cm³/mol. The molecule has 1 atom stereocenters. The number of carbonyl (C=O) groups excluding carboxylic acids is 1. The summed E-state index contributed by atoms with van der Waals surface area (Å²) in [5.41, 5.74) is 1.97. The molecule has 0 bridgehead atoms. The highest BCUT2D eigenvalue weighted by Gasteiger charge is 2.22. The van der Waals surface area contributed by atoms with E-state index in [-0.39, 0.29) is 42.6 Å². The molecule has 144 valence electrons. The molecule has 2 N–H and O–H groups in total. The number of nitrogens with zero attached hydrogens (tertiary/aromatic N) is 1. The number of ether oxygens (including phenoxy) is 1. The highest BCUT2D eigenvalue weighted by Crippen LogP contribution is 2.24. The van der Waals surface area contributed by atoms with Crippen LogP contribution in [0.5, 0.6) is 0 Å². The van der Waals surface area contributed by atoms with Crippen LogP contribution in [-0.4, -0.2) is 51.8 Å². The molecule has 0 radical (unpaired) electrons. The molecule has 2 rings (SSSR count). The number of aryl methyl sites for hydroxylation is 1. The first-order chi connectivity index (χ1) is 11.1. The van der Waals surface area contributed by atoms with E-state index in [1.807, 2.05) is 13.0 Å². The number of benzene rings is 1. The highest BCUT2D eigenvalue weighted by atomic mass is 35.5. The molecule has 1 unspecified atom stereocenters. The van der Waals surface area contributed by atoms with Crippen LogP contribution in [0.25, 0.3) is 0 Å². The third kappa shape index (κ3) is 7.77. The van der Waals surface area contributed by atoms with E-state index in [1.165, 1.54) is 6.07 Å². The van der Waals surface area contributed by atoms with Crippen molar-refractivity contribution in [2.45, 2.75) is 25.8 Å². The smallest absolute Gasteiger partial charge is 0.234 e. The number of anilines is 1. The molecule has 0 aliphatic carbocycles. The first-order valence-corrected chi connectivity index (χ1v) is 8.10. The zero-order valence-electron chi connectivity index (χ0n) is 14.7. The van der Waals surface area contributed by atoms with Crippen LogP contribution in [0.4, 0.5) is 10.1 Å². The third-order valence-corrected chi connectivity index (χ3v) is 4.05. The van der Waals surface area contributed by atoms with Gasteiger partial charge in [-0.15, -0.1) is 24.8 Å². The van der Waals surface area contributed by atoms with Crippen LogP contribution in [-0.2, 0) is 9.53 Å². The number of carbonyl (C=O) groups is 1. The van der Waals surface area contributed by atoms with Crippen molar-refractivity contribution in [2.75, 3.05) is 44.8 Å².